The average molecular weight is 276 g/mol. The van der Waals surface area contributed by atoms with Crippen LogP contribution in [0.3, 0.4) is 0 Å². The molecule has 4 nitrogen and oxygen atoms in total. The van der Waals surface area contributed by atoms with Crippen molar-refractivity contribution >= 4 is 11.6 Å². The number of rotatable bonds is 2. The number of alkyl halides is 3. The average Bonchev–Trinajstić information content (AvgIpc) is 2.29. The molecule has 0 amide bonds. The molecule has 0 saturated carbocycles. The van der Waals surface area contributed by atoms with Crippen molar-refractivity contribution in [2.75, 3.05) is 0 Å². The van der Waals surface area contributed by atoms with Crippen LogP contribution in [0.15, 0.2) is 30.5 Å². The molecule has 0 N–H and O–H groups in total. The lowest BCUT2D eigenvalue weighted by Gasteiger charge is -2.11. The van der Waals surface area contributed by atoms with Crippen LogP contribution in [0, 0.1) is 0 Å². The summed E-state index contributed by atoms with van der Waals surface area (Å²) < 4.78 is 40.5. The molecule has 0 aliphatic rings. The summed E-state index contributed by atoms with van der Waals surface area (Å²) in [5.41, 5.74) is 0.0824. The summed E-state index contributed by atoms with van der Waals surface area (Å²) in [6.07, 6.45) is -3.59. The third-order valence-electron chi connectivity index (χ3n) is 1.89. The van der Waals surface area contributed by atoms with Gasteiger partial charge in [0.05, 0.1) is 11.8 Å². The van der Waals surface area contributed by atoms with Crippen molar-refractivity contribution in [3.8, 4) is 17.1 Å². The van der Waals surface area contributed by atoms with E-state index < -0.39 is 12.1 Å². The van der Waals surface area contributed by atoms with Crippen LogP contribution in [0.5, 0.6) is 5.75 Å². The van der Waals surface area contributed by atoms with Gasteiger partial charge in [-0.2, -0.15) is 0 Å². The molecule has 1 heterocycles. The van der Waals surface area contributed by atoms with Gasteiger partial charge in [-0.3, -0.25) is 0 Å². The van der Waals surface area contributed by atoms with Crippen molar-refractivity contribution in [1.29, 1.82) is 0 Å². The standard InChI is InChI=1S/C10H5ClF3N3O/c11-8-5-15-9(17-16-8)6-3-1-2-4-7(6)18-10(12,13)14/h1-5H. The second kappa shape index (κ2) is 4.77. The maximum Gasteiger partial charge on any atom is 0.573 e. The zero-order valence-electron chi connectivity index (χ0n) is 8.65. The highest BCUT2D eigenvalue weighted by molar-refractivity contribution is 6.29. The molecule has 8 heteroatoms. The first-order valence-electron chi connectivity index (χ1n) is 4.66. The van der Waals surface area contributed by atoms with Crippen molar-refractivity contribution in [3.63, 3.8) is 0 Å². The van der Waals surface area contributed by atoms with Gasteiger partial charge in [-0.25, -0.2) is 4.98 Å². The minimum Gasteiger partial charge on any atom is -0.405 e. The van der Waals surface area contributed by atoms with Gasteiger partial charge >= 0.3 is 6.36 Å². The molecule has 1 aromatic carbocycles. The number of halogens is 4. The molecule has 0 atom stereocenters. The van der Waals surface area contributed by atoms with E-state index in [0.717, 1.165) is 0 Å². The molecule has 0 fully saturated rings. The predicted octanol–water partition coefficient (Wildman–Crippen LogP) is 3.09. The van der Waals surface area contributed by atoms with Gasteiger partial charge in [0.2, 0.25) is 0 Å². The molecule has 0 aliphatic heterocycles. The molecule has 2 aromatic rings. The minimum absolute atomic E-state index is 0.000694. The van der Waals surface area contributed by atoms with Crippen LogP contribution in [0.1, 0.15) is 0 Å². The van der Waals surface area contributed by atoms with Gasteiger partial charge in [0, 0.05) is 0 Å². The molecule has 18 heavy (non-hydrogen) atoms. The van der Waals surface area contributed by atoms with E-state index in [-0.39, 0.29) is 16.5 Å². The fraction of sp³-hybridized carbons (Fsp3) is 0.100. The summed E-state index contributed by atoms with van der Waals surface area (Å²) in [5, 5.41) is 7.16. The third kappa shape index (κ3) is 3.07. The van der Waals surface area contributed by atoms with Gasteiger partial charge < -0.3 is 4.74 Å². The second-order valence-corrected chi connectivity index (χ2v) is 3.54. The van der Waals surface area contributed by atoms with Gasteiger partial charge in [0.25, 0.3) is 0 Å². The quantitative estimate of drug-likeness (QED) is 0.845. The fourth-order valence-corrected chi connectivity index (χ4v) is 1.34. The molecule has 0 spiro atoms. The Hall–Kier alpha value is -1.89. The summed E-state index contributed by atoms with van der Waals surface area (Å²) in [6.45, 7) is 0. The third-order valence-corrected chi connectivity index (χ3v) is 2.06. The number of benzene rings is 1. The summed E-state index contributed by atoms with van der Waals surface area (Å²) in [7, 11) is 0. The Morgan fingerprint density at radius 3 is 2.44 bits per heavy atom. The van der Waals surface area contributed by atoms with E-state index in [9.17, 15) is 13.2 Å². The minimum atomic E-state index is -4.78. The van der Waals surface area contributed by atoms with Gasteiger partial charge in [-0.05, 0) is 12.1 Å². The van der Waals surface area contributed by atoms with Crippen molar-refractivity contribution in [2.45, 2.75) is 6.36 Å². The lowest BCUT2D eigenvalue weighted by atomic mass is 10.2. The first-order chi connectivity index (χ1) is 8.46. The van der Waals surface area contributed by atoms with Gasteiger partial charge in [-0.1, -0.05) is 23.7 Å². The normalized spacial score (nSPS) is 11.3. The monoisotopic (exact) mass is 275 g/mol. The van der Waals surface area contributed by atoms with E-state index in [2.05, 4.69) is 19.9 Å². The largest absolute Gasteiger partial charge is 0.573 e. The Kier molecular flexibility index (Phi) is 3.33. The van der Waals surface area contributed by atoms with Crippen LogP contribution in [-0.2, 0) is 0 Å². The van der Waals surface area contributed by atoms with Gasteiger partial charge in [0.15, 0.2) is 11.0 Å². The number of para-hydroxylation sites is 1. The maximum atomic E-state index is 12.2. The van der Waals surface area contributed by atoms with E-state index in [1.165, 1.54) is 30.5 Å². The van der Waals surface area contributed by atoms with E-state index in [1.54, 1.807) is 0 Å². The Morgan fingerprint density at radius 1 is 1.11 bits per heavy atom. The predicted molar refractivity (Wildman–Crippen MR) is 57.0 cm³/mol. The lowest BCUT2D eigenvalue weighted by molar-refractivity contribution is -0.274. The summed E-state index contributed by atoms with van der Waals surface area (Å²) in [4.78, 5) is 3.79. The zero-order valence-corrected chi connectivity index (χ0v) is 9.40. The number of hydrogen-bond donors (Lipinski definition) is 0. The van der Waals surface area contributed by atoms with E-state index in [1.807, 2.05) is 0 Å². The van der Waals surface area contributed by atoms with Crippen LogP contribution in [0.4, 0.5) is 13.2 Å². The number of nitrogens with zero attached hydrogens (tertiary/aromatic N) is 3. The van der Waals surface area contributed by atoms with Crippen LogP contribution >= 0.6 is 11.6 Å². The van der Waals surface area contributed by atoms with Gasteiger partial charge in [-0.15, -0.1) is 23.4 Å². The first-order valence-corrected chi connectivity index (χ1v) is 5.04. The molecule has 94 valence electrons. The fourth-order valence-electron chi connectivity index (χ4n) is 1.25. The zero-order chi connectivity index (χ0) is 13.2. The second-order valence-electron chi connectivity index (χ2n) is 3.15. The highest BCUT2D eigenvalue weighted by Crippen LogP contribution is 2.31. The molecule has 0 bridgehead atoms. The Bertz CT molecular complexity index is 545. The van der Waals surface area contributed by atoms with Crippen LogP contribution in [-0.4, -0.2) is 21.5 Å². The van der Waals surface area contributed by atoms with Crippen molar-refractivity contribution in [3.05, 3.63) is 35.6 Å². The highest BCUT2D eigenvalue weighted by Gasteiger charge is 2.32. The molecule has 0 aliphatic carbocycles. The maximum absolute atomic E-state index is 12.2. The SMILES string of the molecule is FC(F)(F)Oc1ccccc1-c1ncc(Cl)nn1. The molecule has 0 saturated heterocycles. The summed E-state index contributed by atoms with van der Waals surface area (Å²) in [5.74, 6) is -0.395. The number of hydrogen-bond acceptors (Lipinski definition) is 4. The van der Waals surface area contributed by atoms with E-state index in [0.29, 0.717) is 0 Å². The number of aromatic nitrogens is 3. The van der Waals surface area contributed by atoms with Gasteiger partial charge in [0.1, 0.15) is 5.75 Å². The smallest absolute Gasteiger partial charge is 0.405 e. The first kappa shape index (κ1) is 12.6. The summed E-state index contributed by atoms with van der Waals surface area (Å²) >= 11 is 5.50. The topological polar surface area (TPSA) is 47.9 Å². The molecule has 1 aromatic heterocycles. The Balaban J connectivity index is 2.41. The molecular weight excluding hydrogens is 271 g/mol. The van der Waals surface area contributed by atoms with E-state index in [4.69, 9.17) is 11.6 Å². The van der Waals surface area contributed by atoms with Crippen molar-refractivity contribution in [2.24, 2.45) is 0 Å². The van der Waals surface area contributed by atoms with Crippen LogP contribution in [0.25, 0.3) is 11.4 Å². The van der Waals surface area contributed by atoms with Crippen molar-refractivity contribution < 1.29 is 17.9 Å². The highest BCUT2D eigenvalue weighted by atomic mass is 35.5. The van der Waals surface area contributed by atoms with Crippen molar-refractivity contribution in [1.82, 2.24) is 15.2 Å². The van der Waals surface area contributed by atoms with E-state index >= 15 is 0 Å². The molecule has 0 unspecified atom stereocenters. The molecular formula is C10H5ClF3N3O. The Morgan fingerprint density at radius 2 is 1.83 bits per heavy atom. The number of ether oxygens (including phenoxy) is 1. The lowest BCUT2D eigenvalue weighted by Crippen LogP contribution is -2.17. The summed E-state index contributed by atoms with van der Waals surface area (Å²) in [6, 6.07) is 5.51. The van der Waals surface area contributed by atoms with Crippen LogP contribution in [0.2, 0.25) is 5.15 Å². The van der Waals surface area contributed by atoms with Crippen LogP contribution < -0.4 is 4.74 Å². The Labute approximate surface area is 104 Å². The molecule has 2 rings (SSSR count). The molecule has 0 radical (unpaired) electrons.